The Balaban J connectivity index is 2.25. The van der Waals surface area contributed by atoms with Crippen LogP contribution in [0, 0.1) is 0 Å². The van der Waals surface area contributed by atoms with Crippen molar-refractivity contribution in [3.63, 3.8) is 0 Å². The maximum Gasteiger partial charge on any atom is 0.254 e. The van der Waals surface area contributed by atoms with Crippen LogP contribution in [0.5, 0.6) is 0 Å². The minimum Gasteiger partial charge on any atom is -0.382 e. The average Bonchev–Trinajstić information content (AvgIpc) is 2.44. The average molecular weight is 342 g/mol. The van der Waals surface area contributed by atoms with E-state index in [4.69, 9.17) is 21.1 Å². The molecule has 0 saturated carbocycles. The second-order valence-electron chi connectivity index (χ2n) is 6.56. The molecule has 0 radical (unpaired) electrons. The summed E-state index contributed by atoms with van der Waals surface area (Å²) in [5.41, 5.74) is 0.148. The van der Waals surface area contributed by atoms with Gasteiger partial charge in [0.05, 0.1) is 28.9 Å². The Kier molecular flexibility index (Phi) is 5.49. The minimum atomic E-state index is -0.329. The Morgan fingerprint density at radius 3 is 2.83 bits per heavy atom. The molecule has 2 rings (SSSR count). The molecular formula is C16H24ClN3O3. The van der Waals surface area contributed by atoms with Gasteiger partial charge in [-0.05, 0) is 19.9 Å². The standard InChI is InChI=1S/C16H24ClN3O3/c1-16(2)10-20(8-12(23-16)9-22-5)14-13(17)6-11(7-18-14)15(21)19(3)4/h6-7,12H,8-10H2,1-5H3. The number of carbonyl (C=O) groups excluding carboxylic acids is 1. The van der Waals surface area contributed by atoms with Gasteiger partial charge in [0.1, 0.15) is 5.82 Å². The Morgan fingerprint density at radius 2 is 2.26 bits per heavy atom. The molecule has 128 valence electrons. The highest BCUT2D eigenvalue weighted by Crippen LogP contribution is 2.30. The first-order chi connectivity index (χ1) is 10.7. The number of ether oxygens (including phenoxy) is 2. The Hall–Kier alpha value is -1.37. The first kappa shape index (κ1) is 18.0. The lowest BCUT2D eigenvalue weighted by molar-refractivity contribution is -0.106. The third-order valence-electron chi connectivity index (χ3n) is 3.61. The predicted molar refractivity (Wildman–Crippen MR) is 90.3 cm³/mol. The van der Waals surface area contributed by atoms with Gasteiger partial charge in [-0.3, -0.25) is 4.79 Å². The molecule has 0 aliphatic carbocycles. The van der Waals surface area contributed by atoms with E-state index in [-0.39, 0.29) is 17.6 Å². The van der Waals surface area contributed by atoms with Gasteiger partial charge in [0.2, 0.25) is 0 Å². The Bertz CT molecular complexity index is 578. The topological polar surface area (TPSA) is 54.9 Å². The van der Waals surface area contributed by atoms with Gasteiger partial charge in [0, 0.05) is 40.5 Å². The zero-order chi connectivity index (χ0) is 17.2. The fourth-order valence-corrected chi connectivity index (χ4v) is 3.05. The van der Waals surface area contributed by atoms with Crippen LogP contribution >= 0.6 is 11.6 Å². The number of nitrogens with zero attached hydrogens (tertiary/aromatic N) is 3. The van der Waals surface area contributed by atoms with Gasteiger partial charge in [0.25, 0.3) is 5.91 Å². The molecule has 1 aliphatic rings. The zero-order valence-corrected chi connectivity index (χ0v) is 15.1. The predicted octanol–water partition coefficient (Wildman–Crippen LogP) is 2.07. The van der Waals surface area contributed by atoms with Crippen LogP contribution in [0.4, 0.5) is 5.82 Å². The minimum absolute atomic E-state index is 0.0512. The number of carbonyl (C=O) groups is 1. The van der Waals surface area contributed by atoms with Gasteiger partial charge >= 0.3 is 0 Å². The van der Waals surface area contributed by atoms with E-state index in [1.54, 1.807) is 33.5 Å². The van der Waals surface area contributed by atoms with Gasteiger partial charge in [-0.25, -0.2) is 4.98 Å². The first-order valence-corrected chi connectivity index (χ1v) is 7.90. The van der Waals surface area contributed by atoms with Crippen molar-refractivity contribution in [3.8, 4) is 0 Å². The van der Waals surface area contributed by atoms with Gasteiger partial charge < -0.3 is 19.3 Å². The third-order valence-corrected chi connectivity index (χ3v) is 3.89. The molecule has 0 N–H and O–H groups in total. The van der Waals surface area contributed by atoms with Gasteiger partial charge in [-0.2, -0.15) is 0 Å². The molecule has 23 heavy (non-hydrogen) atoms. The van der Waals surface area contributed by atoms with E-state index in [9.17, 15) is 4.79 Å². The van der Waals surface area contributed by atoms with Crippen molar-refractivity contribution in [2.24, 2.45) is 0 Å². The number of halogens is 1. The number of amides is 1. The molecule has 1 aliphatic heterocycles. The van der Waals surface area contributed by atoms with Crippen molar-refractivity contribution >= 4 is 23.3 Å². The summed E-state index contributed by atoms with van der Waals surface area (Å²) in [6, 6.07) is 1.67. The lowest BCUT2D eigenvalue weighted by atomic mass is 10.1. The maximum absolute atomic E-state index is 12.0. The van der Waals surface area contributed by atoms with Gasteiger partial charge in [-0.15, -0.1) is 0 Å². The molecule has 1 aromatic rings. The maximum atomic E-state index is 12.0. The monoisotopic (exact) mass is 341 g/mol. The molecular weight excluding hydrogens is 318 g/mol. The van der Waals surface area contributed by atoms with Crippen molar-refractivity contribution < 1.29 is 14.3 Å². The molecule has 0 bridgehead atoms. The number of rotatable bonds is 4. The van der Waals surface area contributed by atoms with E-state index in [0.29, 0.717) is 36.1 Å². The van der Waals surface area contributed by atoms with Crippen molar-refractivity contribution in [1.29, 1.82) is 0 Å². The van der Waals surface area contributed by atoms with E-state index >= 15 is 0 Å². The number of hydrogen-bond acceptors (Lipinski definition) is 5. The summed E-state index contributed by atoms with van der Waals surface area (Å²) in [5, 5.41) is 0.464. The molecule has 0 spiro atoms. The van der Waals surface area contributed by atoms with Crippen molar-refractivity contribution in [3.05, 3.63) is 22.8 Å². The molecule has 2 heterocycles. The van der Waals surface area contributed by atoms with Gasteiger partial charge in [-0.1, -0.05) is 11.6 Å². The smallest absolute Gasteiger partial charge is 0.254 e. The lowest BCUT2D eigenvalue weighted by Crippen LogP contribution is -2.54. The van der Waals surface area contributed by atoms with Crippen LogP contribution in [0.15, 0.2) is 12.3 Å². The summed E-state index contributed by atoms with van der Waals surface area (Å²) in [5.74, 6) is 0.546. The highest BCUT2D eigenvalue weighted by atomic mass is 35.5. The van der Waals surface area contributed by atoms with Crippen LogP contribution in [0.3, 0.4) is 0 Å². The molecule has 1 saturated heterocycles. The summed E-state index contributed by atoms with van der Waals surface area (Å²) in [7, 11) is 5.05. The molecule has 1 aromatic heterocycles. The number of pyridine rings is 1. The molecule has 6 nitrogen and oxygen atoms in total. The number of anilines is 1. The normalized spacial score (nSPS) is 20.4. The molecule has 1 fully saturated rings. The Labute approximate surface area is 142 Å². The third kappa shape index (κ3) is 4.34. The highest BCUT2D eigenvalue weighted by molar-refractivity contribution is 6.33. The summed E-state index contributed by atoms with van der Waals surface area (Å²) >= 11 is 6.38. The van der Waals surface area contributed by atoms with Crippen molar-refractivity contribution in [1.82, 2.24) is 9.88 Å². The second-order valence-corrected chi connectivity index (χ2v) is 6.97. The van der Waals surface area contributed by atoms with Gasteiger partial charge in [0.15, 0.2) is 0 Å². The SMILES string of the molecule is COCC1CN(c2ncc(C(=O)N(C)C)cc2Cl)CC(C)(C)O1. The quantitative estimate of drug-likeness (QED) is 0.839. The number of hydrogen-bond donors (Lipinski definition) is 0. The molecule has 1 amide bonds. The summed E-state index contributed by atoms with van der Waals surface area (Å²) in [4.78, 5) is 20.0. The number of morpholine rings is 1. The number of aromatic nitrogens is 1. The molecule has 1 unspecified atom stereocenters. The summed E-state index contributed by atoms with van der Waals surface area (Å²) in [6.07, 6.45) is 1.52. The first-order valence-electron chi connectivity index (χ1n) is 7.52. The van der Waals surface area contributed by atoms with Crippen LogP contribution < -0.4 is 4.90 Å². The van der Waals surface area contributed by atoms with E-state index in [1.807, 2.05) is 13.8 Å². The summed E-state index contributed by atoms with van der Waals surface area (Å²) in [6.45, 7) is 5.87. The summed E-state index contributed by atoms with van der Waals surface area (Å²) < 4.78 is 11.2. The largest absolute Gasteiger partial charge is 0.382 e. The molecule has 7 heteroatoms. The van der Waals surface area contributed by atoms with Crippen molar-refractivity contribution in [2.75, 3.05) is 45.8 Å². The van der Waals surface area contributed by atoms with Crippen LogP contribution in [0.2, 0.25) is 5.02 Å². The fraction of sp³-hybridized carbons (Fsp3) is 0.625. The van der Waals surface area contributed by atoms with Crippen molar-refractivity contribution in [2.45, 2.75) is 25.6 Å². The van der Waals surface area contributed by atoms with E-state index in [1.165, 1.54) is 4.90 Å². The van der Waals surface area contributed by atoms with Crippen LogP contribution in [0.1, 0.15) is 24.2 Å². The van der Waals surface area contributed by atoms with Crippen LogP contribution in [-0.2, 0) is 9.47 Å². The highest BCUT2D eigenvalue weighted by Gasteiger charge is 2.34. The van der Waals surface area contributed by atoms with E-state index in [0.717, 1.165) is 0 Å². The lowest BCUT2D eigenvalue weighted by Gasteiger charge is -2.43. The van der Waals surface area contributed by atoms with Crippen LogP contribution in [-0.4, -0.2) is 68.4 Å². The second kappa shape index (κ2) is 7.03. The van der Waals surface area contributed by atoms with E-state index in [2.05, 4.69) is 9.88 Å². The Morgan fingerprint density at radius 1 is 1.57 bits per heavy atom. The number of methoxy groups -OCH3 is 1. The molecule has 1 atom stereocenters. The zero-order valence-electron chi connectivity index (χ0n) is 14.3. The van der Waals surface area contributed by atoms with E-state index < -0.39 is 0 Å². The molecule has 0 aromatic carbocycles. The fourth-order valence-electron chi connectivity index (χ4n) is 2.77. The van der Waals surface area contributed by atoms with Crippen LogP contribution in [0.25, 0.3) is 0 Å².